The fraction of sp³-hybridized carbons (Fsp3) is 0.304. The molecule has 0 saturated heterocycles. The molecule has 0 saturated carbocycles. The lowest BCUT2D eigenvalue weighted by atomic mass is 10.1. The molecule has 0 N–H and O–H groups in total. The van der Waals surface area contributed by atoms with Gasteiger partial charge in [-0.3, -0.25) is 0 Å². The molecule has 0 radical (unpaired) electrons. The molecule has 28 heavy (non-hydrogen) atoms. The van der Waals surface area contributed by atoms with Crippen molar-refractivity contribution in [1.29, 1.82) is 0 Å². The summed E-state index contributed by atoms with van der Waals surface area (Å²) in [6.07, 6.45) is 6.37. The van der Waals surface area contributed by atoms with E-state index in [4.69, 9.17) is 13.9 Å². The minimum Gasteiger partial charge on any atom is -0.494 e. The number of ether oxygens (including phenoxy) is 2. The number of hydrogen-bond acceptors (Lipinski definition) is 5. The third kappa shape index (κ3) is 5.00. The highest BCUT2D eigenvalue weighted by atomic mass is 16.5. The van der Waals surface area contributed by atoms with Crippen LogP contribution in [0, 0.1) is 0 Å². The molecule has 5 nitrogen and oxygen atoms in total. The van der Waals surface area contributed by atoms with E-state index in [0.717, 1.165) is 29.9 Å². The van der Waals surface area contributed by atoms with Crippen LogP contribution in [0.2, 0.25) is 0 Å². The topological polar surface area (TPSA) is 61.6 Å². The standard InChI is InChI=1S/C23H25NO4/c1-3-4-5-6-15-27-20-13-11-18(12-14-20)22-24-21(16-28-22)17-7-9-19(10-8-17)23(25)26-2/h7-14,16H,3-6,15H2,1-2H3. The van der Waals surface area contributed by atoms with Crippen LogP contribution in [0.4, 0.5) is 0 Å². The summed E-state index contributed by atoms with van der Waals surface area (Å²) < 4.78 is 16.1. The monoisotopic (exact) mass is 379 g/mol. The number of methoxy groups -OCH3 is 1. The van der Waals surface area contributed by atoms with E-state index in [1.807, 2.05) is 36.4 Å². The smallest absolute Gasteiger partial charge is 0.337 e. The van der Waals surface area contributed by atoms with Gasteiger partial charge in [0.15, 0.2) is 0 Å². The second kappa shape index (κ2) is 9.74. The Morgan fingerprint density at radius 3 is 2.36 bits per heavy atom. The van der Waals surface area contributed by atoms with Crippen LogP contribution in [0.25, 0.3) is 22.7 Å². The summed E-state index contributed by atoms with van der Waals surface area (Å²) in [7, 11) is 1.36. The molecule has 0 spiro atoms. The Balaban J connectivity index is 1.62. The molecule has 146 valence electrons. The van der Waals surface area contributed by atoms with Gasteiger partial charge in [-0.15, -0.1) is 0 Å². The second-order valence-corrected chi connectivity index (χ2v) is 6.54. The van der Waals surface area contributed by atoms with Crippen LogP contribution in [0.5, 0.6) is 5.75 Å². The van der Waals surface area contributed by atoms with E-state index in [2.05, 4.69) is 11.9 Å². The van der Waals surface area contributed by atoms with Gasteiger partial charge in [0.2, 0.25) is 5.89 Å². The largest absolute Gasteiger partial charge is 0.494 e. The minimum atomic E-state index is -0.361. The van der Waals surface area contributed by atoms with E-state index in [1.54, 1.807) is 18.4 Å². The maximum absolute atomic E-state index is 11.5. The SMILES string of the molecule is CCCCCCOc1ccc(-c2nc(-c3ccc(C(=O)OC)cc3)co2)cc1. The Labute approximate surface area is 165 Å². The lowest BCUT2D eigenvalue weighted by molar-refractivity contribution is 0.0600. The molecule has 3 aromatic rings. The van der Waals surface area contributed by atoms with Crippen LogP contribution in [-0.2, 0) is 4.74 Å². The van der Waals surface area contributed by atoms with Crippen LogP contribution < -0.4 is 4.74 Å². The van der Waals surface area contributed by atoms with Gasteiger partial charge in [0.25, 0.3) is 0 Å². The molecule has 0 atom stereocenters. The highest BCUT2D eigenvalue weighted by molar-refractivity contribution is 5.89. The van der Waals surface area contributed by atoms with Crippen LogP contribution >= 0.6 is 0 Å². The summed E-state index contributed by atoms with van der Waals surface area (Å²) in [4.78, 5) is 16.1. The summed E-state index contributed by atoms with van der Waals surface area (Å²) in [6, 6.07) is 14.8. The molecule has 0 fully saturated rings. The number of esters is 1. The van der Waals surface area contributed by atoms with Crippen molar-refractivity contribution in [2.75, 3.05) is 13.7 Å². The summed E-state index contributed by atoms with van der Waals surface area (Å²) in [5.74, 6) is 1.03. The third-order valence-electron chi connectivity index (χ3n) is 4.47. The molecule has 0 bridgehead atoms. The highest BCUT2D eigenvalue weighted by Crippen LogP contribution is 2.26. The average Bonchev–Trinajstić information content (AvgIpc) is 3.24. The lowest BCUT2D eigenvalue weighted by Gasteiger charge is -2.06. The highest BCUT2D eigenvalue weighted by Gasteiger charge is 2.10. The van der Waals surface area contributed by atoms with Gasteiger partial charge >= 0.3 is 5.97 Å². The normalized spacial score (nSPS) is 10.6. The van der Waals surface area contributed by atoms with E-state index >= 15 is 0 Å². The van der Waals surface area contributed by atoms with Crippen molar-refractivity contribution in [3.63, 3.8) is 0 Å². The summed E-state index contributed by atoms with van der Waals surface area (Å²) in [5, 5.41) is 0. The number of oxazole rings is 1. The van der Waals surface area contributed by atoms with Crippen molar-refractivity contribution >= 4 is 5.97 Å². The number of unbranched alkanes of at least 4 members (excludes halogenated alkanes) is 3. The predicted molar refractivity (Wildman–Crippen MR) is 108 cm³/mol. The van der Waals surface area contributed by atoms with Gasteiger partial charge in [0, 0.05) is 11.1 Å². The Kier molecular flexibility index (Phi) is 6.84. The molecule has 1 aromatic heterocycles. The van der Waals surface area contributed by atoms with Crippen molar-refractivity contribution < 1.29 is 18.7 Å². The fourth-order valence-electron chi connectivity index (χ4n) is 2.85. The zero-order valence-corrected chi connectivity index (χ0v) is 16.3. The Bertz CT molecular complexity index is 882. The molecule has 2 aromatic carbocycles. The summed E-state index contributed by atoms with van der Waals surface area (Å²) in [5.41, 5.74) is 2.97. The first-order valence-electron chi connectivity index (χ1n) is 9.58. The number of carbonyl (C=O) groups excluding carboxylic acids is 1. The number of rotatable bonds is 9. The van der Waals surface area contributed by atoms with Gasteiger partial charge in [0.05, 0.1) is 19.3 Å². The van der Waals surface area contributed by atoms with E-state index in [9.17, 15) is 4.79 Å². The summed E-state index contributed by atoms with van der Waals surface area (Å²) in [6.45, 7) is 2.94. The lowest BCUT2D eigenvalue weighted by Crippen LogP contribution is -2.00. The quantitative estimate of drug-likeness (QED) is 0.350. The maximum atomic E-state index is 11.5. The molecule has 5 heteroatoms. The zero-order chi connectivity index (χ0) is 19.8. The number of aromatic nitrogens is 1. The van der Waals surface area contributed by atoms with E-state index in [-0.39, 0.29) is 5.97 Å². The van der Waals surface area contributed by atoms with Gasteiger partial charge < -0.3 is 13.9 Å². The van der Waals surface area contributed by atoms with E-state index in [0.29, 0.717) is 17.1 Å². The Morgan fingerprint density at radius 1 is 0.964 bits per heavy atom. The van der Waals surface area contributed by atoms with Crippen LogP contribution in [-0.4, -0.2) is 24.7 Å². The van der Waals surface area contributed by atoms with Gasteiger partial charge in [-0.1, -0.05) is 38.3 Å². The number of nitrogens with zero attached hydrogens (tertiary/aromatic N) is 1. The number of carbonyl (C=O) groups is 1. The van der Waals surface area contributed by atoms with Crippen molar-refractivity contribution in [1.82, 2.24) is 4.98 Å². The fourth-order valence-corrected chi connectivity index (χ4v) is 2.85. The molecule has 3 rings (SSSR count). The Morgan fingerprint density at radius 2 is 1.68 bits per heavy atom. The average molecular weight is 379 g/mol. The number of benzene rings is 2. The van der Waals surface area contributed by atoms with Crippen LogP contribution in [0.15, 0.2) is 59.2 Å². The summed E-state index contributed by atoms with van der Waals surface area (Å²) >= 11 is 0. The van der Waals surface area contributed by atoms with E-state index < -0.39 is 0 Å². The van der Waals surface area contributed by atoms with Crippen molar-refractivity contribution in [2.45, 2.75) is 32.6 Å². The van der Waals surface area contributed by atoms with Gasteiger partial charge in [0.1, 0.15) is 17.7 Å². The first-order chi connectivity index (χ1) is 13.7. The Hall–Kier alpha value is -3.08. The molecule has 0 amide bonds. The van der Waals surface area contributed by atoms with Gasteiger partial charge in [-0.05, 0) is 42.8 Å². The zero-order valence-electron chi connectivity index (χ0n) is 16.3. The first-order valence-corrected chi connectivity index (χ1v) is 9.58. The molecule has 0 aliphatic carbocycles. The predicted octanol–water partition coefficient (Wildman–Crippen LogP) is 5.75. The van der Waals surface area contributed by atoms with E-state index in [1.165, 1.54) is 26.4 Å². The van der Waals surface area contributed by atoms with Crippen molar-refractivity contribution in [3.05, 3.63) is 60.4 Å². The molecule has 0 unspecified atom stereocenters. The van der Waals surface area contributed by atoms with Crippen molar-refractivity contribution in [2.24, 2.45) is 0 Å². The second-order valence-electron chi connectivity index (χ2n) is 6.54. The maximum Gasteiger partial charge on any atom is 0.337 e. The minimum absolute atomic E-state index is 0.361. The molecule has 1 heterocycles. The molecule has 0 aliphatic rings. The van der Waals surface area contributed by atoms with Gasteiger partial charge in [-0.2, -0.15) is 0 Å². The van der Waals surface area contributed by atoms with Crippen LogP contribution in [0.1, 0.15) is 43.0 Å². The molecule has 0 aliphatic heterocycles. The molecular formula is C23H25NO4. The first kappa shape index (κ1) is 19.7. The van der Waals surface area contributed by atoms with Crippen molar-refractivity contribution in [3.8, 4) is 28.5 Å². The number of hydrogen-bond donors (Lipinski definition) is 0. The van der Waals surface area contributed by atoms with Crippen LogP contribution in [0.3, 0.4) is 0 Å². The third-order valence-corrected chi connectivity index (χ3v) is 4.47. The molecular weight excluding hydrogens is 354 g/mol. The van der Waals surface area contributed by atoms with Gasteiger partial charge in [-0.25, -0.2) is 9.78 Å².